The Labute approximate surface area is 125 Å². The number of hydrogen-bond donors (Lipinski definition) is 1. The van der Waals surface area contributed by atoms with E-state index >= 15 is 0 Å². The van der Waals surface area contributed by atoms with Crippen molar-refractivity contribution in [3.63, 3.8) is 0 Å². The number of hydrogen-bond acceptors (Lipinski definition) is 3. The monoisotopic (exact) mass is 290 g/mol. The number of likely N-dealkylation sites (tertiary alicyclic amines) is 1. The Morgan fingerprint density at radius 3 is 2.52 bits per heavy atom. The molecule has 1 fully saturated rings. The van der Waals surface area contributed by atoms with E-state index in [9.17, 15) is 9.59 Å². The van der Waals surface area contributed by atoms with Crippen LogP contribution in [0.15, 0.2) is 30.3 Å². The first-order chi connectivity index (χ1) is 9.85. The predicted octanol–water partition coefficient (Wildman–Crippen LogP) is 2.43. The molecule has 2 rings (SSSR count). The van der Waals surface area contributed by atoms with E-state index in [-0.39, 0.29) is 11.9 Å². The number of nitrogens with zero attached hydrogens (tertiary/aromatic N) is 1. The maximum absolute atomic E-state index is 12.3. The van der Waals surface area contributed by atoms with Crippen LogP contribution in [0.3, 0.4) is 0 Å². The Hall–Kier alpha value is -2.04. The van der Waals surface area contributed by atoms with E-state index in [1.807, 2.05) is 39.0 Å². The molecule has 114 valence electrons. The summed E-state index contributed by atoms with van der Waals surface area (Å²) in [6, 6.07) is 9.13. The molecule has 0 bridgehead atoms. The van der Waals surface area contributed by atoms with Crippen LogP contribution >= 0.6 is 0 Å². The van der Waals surface area contributed by atoms with Crippen LogP contribution in [0.2, 0.25) is 0 Å². The third-order valence-corrected chi connectivity index (χ3v) is 3.22. The van der Waals surface area contributed by atoms with Crippen molar-refractivity contribution < 1.29 is 14.3 Å². The number of benzene rings is 1. The molecule has 0 spiro atoms. The van der Waals surface area contributed by atoms with Crippen molar-refractivity contribution in [3.8, 4) is 0 Å². The molecule has 1 aliphatic heterocycles. The number of ether oxygens (including phenoxy) is 1. The standard InChI is InChI=1S/C16H22N2O3/c1-16(2,3)21-15(20)17-13-9-10-18(11-13)14(19)12-7-5-4-6-8-12/h4-8,13H,9-11H2,1-3H3,(H,17,20)/t13-/m0/s1. The zero-order chi connectivity index (χ0) is 15.5. The second-order valence-electron chi connectivity index (χ2n) is 6.25. The van der Waals surface area contributed by atoms with Crippen molar-refractivity contribution in [3.05, 3.63) is 35.9 Å². The summed E-state index contributed by atoms with van der Waals surface area (Å²) in [5.74, 6) is 0.00379. The SMILES string of the molecule is CC(C)(C)OC(=O)N[C@H]1CCN(C(=O)c2ccccc2)C1. The summed E-state index contributed by atoms with van der Waals surface area (Å²) in [5.41, 5.74) is 0.165. The lowest BCUT2D eigenvalue weighted by atomic mass is 10.2. The minimum atomic E-state index is -0.512. The molecule has 0 radical (unpaired) electrons. The highest BCUT2D eigenvalue weighted by Gasteiger charge is 2.29. The normalized spacial score (nSPS) is 18.4. The fraction of sp³-hybridized carbons (Fsp3) is 0.500. The van der Waals surface area contributed by atoms with Gasteiger partial charge in [0.15, 0.2) is 0 Å². The third kappa shape index (κ3) is 4.48. The van der Waals surface area contributed by atoms with E-state index in [1.165, 1.54) is 0 Å². The molecule has 0 aliphatic carbocycles. The Bertz CT molecular complexity index is 508. The summed E-state index contributed by atoms with van der Waals surface area (Å²) in [5, 5.41) is 2.82. The van der Waals surface area contributed by atoms with Gasteiger partial charge in [0.1, 0.15) is 5.60 Å². The van der Waals surface area contributed by atoms with Crippen LogP contribution in [0.1, 0.15) is 37.6 Å². The zero-order valence-electron chi connectivity index (χ0n) is 12.8. The van der Waals surface area contributed by atoms with Crippen LogP contribution in [0, 0.1) is 0 Å². The topological polar surface area (TPSA) is 58.6 Å². The Morgan fingerprint density at radius 2 is 1.90 bits per heavy atom. The number of carbonyl (C=O) groups is 2. The number of nitrogens with one attached hydrogen (secondary N) is 1. The van der Waals surface area contributed by atoms with Crippen LogP contribution in [0.4, 0.5) is 4.79 Å². The molecule has 1 aromatic rings. The van der Waals surface area contributed by atoms with Gasteiger partial charge in [0, 0.05) is 18.7 Å². The molecule has 21 heavy (non-hydrogen) atoms. The van der Waals surface area contributed by atoms with E-state index in [1.54, 1.807) is 17.0 Å². The van der Waals surface area contributed by atoms with Crippen molar-refractivity contribution in [1.82, 2.24) is 10.2 Å². The van der Waals surface area contributed by atoms with Gasteiger partial charge in [0.25, 0.3) is 5.91 Å². The lowest BCUT2D eigenvalue weighted by Gasteiger charge is -2.22. The van der Waals surface area contributed by atoms with Crippen molar-refractivity contribution in [2.24, 2.45) is 0 Å². The first-order valence-corrected chi connectivity index (χ1v) is 7.19. The van der Waals surface area contributed by atoms with Crippen LogP contribution in [0.25, 0.3) is 0 Å². The van der Waals surface area contributed by atoms with Crippen LogP contribution in [-0.4, -0.2) is 41.6 Å². The van der Waals surface area contributed by atoms with Gasteiger partial charge in [-0.15, -0.1) is 0 Å². The first kappa shape index (κ1) is 15.4. The Balaban J connectivity index is 1.86. The van der Waals surface area contributed by atoms with Gasteiger partial charge in [-0.25, -0.2) is 4.79 Å². The maximum atomic E-state index is 12.3. The number of carbonyl (C=O) groups excluding carboxylic acids is 2. The molecule has 1 saturated heterocycles. The highest BCUT2D eigenvalue weighted by molar-refractivity contribution is 5.94. The van der Waals surface area contributed by atoms with E-state index in [0.717, 1.165) is 6.42 Å². The minimum Gasteiger partial charge on any atom is -0.444 e. The van der Waals surface area contributed by atoms with Crippen molar-refractivity contribution in [2.45, 2.75) is 38.8 Å². The van der Waals surface area contributed by atoms with Gasteiger partial charge >= 0.3 is 6.09 Å². The van der Waals surface area contributed by atoms with Crippen molar-refractivity contribution in [1.29, 1.82) is 0 Å². The van der Waals surface area contributed by atoms with Gasteiger partial charge in [0.05, 0.1) is 6.04 Å². The zero-order valence-corrected chi connectivity index (χ0v) is 12.8. The maximum Gasteiger partial charge on any atom is 0.407 e. The second-order valence-corrected chi connectivity index (χ2v) is 6.25. The highest BCUT2D eigenvalue weighted by atomic mass is 16.6. The van der Waals surface area contributed by atoms with Gasteiger partial charge in [-0.2, -0.15) is 0 Å². The molecule has 1 aliphatic rings. The number of alkyl carbamates (subject to hydrolysis) is 1. The van der Waals surface area contributed by atoms with Gasteiger partial charge in [-0.1, -0.05) is 18.2 Å². The van der Waals surface area contributed by atoms with Gasteiger partial charge in [-0.3, -0.25) is 4.79 Å². The Kier molecular flexibility index (Phi) is 4.50. The number of rotatable bonds is 2. The molecule has 2 amide bonds. The van der Waals surface area contributed by atoms with Gasteiger partial charge < -0.3 is 15.0 Å². The summed E-state index contributed by atoms with van der Waals surface area (Å²) < 4.78 is 5.23. The molecule has 5 heteroatoms. The molecule has 1 N–H and O–H groups in total. The summed E-state index contributed by atoms with van der Waals surface area (Å²) in [4.78, 5) is 25.8. The Morgan fingerprint density at radius 1 is 1.24 bits per heavy atom. The van der Waals surface area contributed by atoms with E-state index in [4.69, 9.17) is 4.74 Å². The van der Waals surface area contributed by atoms with Crippen molar-refractivity contribution >= 4 is 12.0 Å². The lowest BCUT2D eigenvalue weighted by molar-refractivity contribution is 0.0502. The molecule has 1 aromatic carbocycles. The molecular formula is C16H22N2O3. The third-order valence-electron chi connectivity index (χ3n) is 3.22. The molecule has 0 aromatic heterocycles. The largest absolute Gasteiger partial charge is 0.444 e. The van der Waals surface area contributed by atoms with E-state index in [0.29, 0.717) is 18.7 Å². The lowest BCUT2D eigenvalue weighted by Crippen LogP contribution is -2.41. The van der Waals surface area contributed by atoms with Gasteiger partial charge in [0.2, 0.25) is 0 Å². The summed E-state index contributed by atoms with van der Waals surface area (Å²) in [6.07, 6.45) is 0.319. The van der Waals surface area contributed by atoms with E-state index < -0.39 is 11.7 Å². The average molecular weight is 290 g/mol. The fourth-order valence-electron chi connectivity index (χ4n) is 2.30. The first-order valence-electron chi connectivity index (χ1n) is 7.19. The van der Waals surface area contributed by atoms with Crippen LogP contribution in [0.5, 0.6) is 0 Å². The molecule has 1 atom stereocenters. The smallest absolute Gasteiger partial charge is 0.407 e. The molecule has 5 nitrogen and oxygen atoms in total. The molecule has 0 unspecified atom stereocenters. The van der Waals surface area contributed by atoms with Crippen molar-refractivity contribution in [2.75, 3.05) is 13.1 Å². The minimum absolute atomic E-state index is 0.00379. The quantitative estimate of drug-likeness (QED) is 0.910. The van der Waals surface area contributed by atoms with Crippen LogP contribution in [-0.2, 0) is 4.74 Å². The summed E-state index contributed by atoms with van der Waals surface area (Å²) in [6.45, 7) is 6.65. The van der Waals surface area contributed by atoms with E-state index in [2.05, 4.69) is 5.32 Å². The number of amides is 2. The molecule has 1 heterocycles. The summed E-state index contributed by atoms with van der Waals surface area (Å²) in [7, 11) is 0. The van der Waals surface area contributed by atoms with Gasteiger partial charge in [-0.05, 0) is 39.3 Å². The predicted molar refractivity (Wildman–Crippen MR) is 80.1 cm³/mol. The molecular weight excluding hydrogens is 268 g/mol. The molecule has 0 saturated carbocycles. The van der Waals surface area contributed by atoms with Crippen LogP contribution < -0.4 is 5.32 Å². The fourth-order valence-corrected chi connectivity index (χ4v) is 2.30. The highest BCUT2D eigenvalue weighted by Crippen LogP contribution is 2.14. The average Bonchev–Trinajstić information content (AvgIpc) is 2.85. The summed E-state index contributed by atoms with van der Waals surface area (Å²) >= 11 is 0. The second kappa shape index (κ2) is 6.16.